The Labute approximate surface area is 119 Å². The molecule has 0 aromatic carbocycles. The van der Waals surface area contributed by atoms with E-state index in [0.717, 1.165) is 24.8 Å². The van der Waals surface area contributed by atoms with Gasteiger partial charge in [0.15, 0.2) is 0 Å². The zero-order chi connectivity index (χ0) is 13.9. The first-order valence-corrected chi connectivity index (χ1v) is 8.26. The van der Waals surface area contributed by atoms with Crippen LogP contribution in [0.3, 0.4) is 0 Å². The molecule has 0 bridgehead atoms. The number of likely N-dealkylation sites (tertiary alicyclic amines) is 1. The highest BCUT2D eigenvalue weighted by molar-refractivity contribution is 4.74. The Morgan fingerprint density at radius 3 is 2.42 bits per heavy atom. The molecule has 2 N–H and O–H groups in total. The molecular formula is C16H34N2O. The van der Waals surface area contributed by atoms with Gasteiger partial charge in [-0.3, -0.25) is 0 Å². The first kappa shape index (κ1) is 16.9. The van der Waals surface area contributed by atoms with Crippen LogP contribution in [0.4, 0.5) is 0 Å². The maximum absolute atomic E-state index is 8.73. The van der Waals surface area contributed by atoms with Crippen molar-refractivity contribution in [1.29, 1.82) is 0 Å². The van der Waals surface area contributed by atoms with Gasteiger partial charge in [0.05, 0.1) is 0 Å². The molecule has 0 saturated carbocycles. The molecule has 114 valence electrons. The summed E-state index contributed by atoms with van der Waals surface area (Å²) in [4.78, 5) is 2.62. The summed E-state index contributed by atoms with van der Waals surface area (Å²) in [5.74, 6) is 1.66. The molecule has 1 aliphatic rings. The van der Waals surface area contributed by atoms with Crippen molar-refractivity contribution >= 4 is 0 Å². The zero-order valence-electron chi connectivity index (χ0n) is 13.0. The van der Waals surface area contributed by atoms with E-state index in [0.29, 0.717) is 6.61 Å². The molecule has 0 aromatic rings. The summed E-state index contributed by atoms with van der Waals surface area (Å²) in [6.07, 6.45) is 7.46. The van der Waals surface area contributed by atoms with Gasteiger partial charge in [0.2, 0.25) is 0 Å². The van der Waals surface area contributed by atoms with E-state index in [1.165, 1.54) is 58.3 Å². The SMILES string of the molecule is CC(C)CNCC1CCN(CCCCCCO)CC1. The van der Waals surface area contributed by atoms with Crippen molar-refractivity contribution in [3.05, 3.63) is 0 Å². The molecule has 1 rings (SSSR count). The lowest BCUT2D eigenvalue weighted by Gasteiger charge is -2.32. The average molecular weight is 270 g/mol. The Morgan fingerprint density at radius 1 is 1.11 bits per heavy atom. The van der Waals surface area contributed by atoms with Gasteiger partial charge in [0, 0.05) is 6.61 Å². The lowest BCUT2D eigenvalue weighted by molar-refractivity contribution is 0.178. The fraction of sp³-hybridized carbons (Fsp3) is 1.00. The van der Waals surface area contributed by atoms with Gasteiger partial charge in [-0.1, -0.05) is 26.7 Å². The summed E-state index contributed by atoms with van der Waals surface area (Å²) in [5.41, 5.74) is 0. The van der Waals surface area contributed by atoms with Crippen molar-refractivity contribution in [3.8, 4) is 0 Å². The quantitative estimate of drug-likeness (QED) is 0.599. The lowest BCUT2D eigenvalue weighted by Crippen LogP contribution is -2.38. The second-order valence-electron chi connectivity index (χ2n) is 6.47. The van der Waals surface area contributed by atoms with Gasteiger partial charge < -0.3 is 15.3 Å². The summed E-state index contributed by atoms with van der Waals surface area (Å²) < 4.78 is 0. The number of aliphatic hydroxyl groups is 1. The molecule has 0 spiro atoms. The van der Waals surface area contributed by atoms with Crippen LogP contribution >= 0.6 is 0 Å². The number of rotatable bonds is 10. The topological polar surface area (TPSA) is 35.5 Å². The van der Waals surface area contributed by atoms with E-state index in [1.807, 2.05) is 0 Å². The Kier molecular flexibility index (Phi) is 9.48. The maximum atomic E-state index is 8.73. The van der Waals surface area contributed by atoms with Crippen LogP contribution in [0.5, 0.6) is 0 Å². The van der Waals surface area contributed by atoms with Gasteiger partial charge in [0.25, 0.3) is 0 Å². The predicted molar refractivity (Wildman–Crippen MR) is 82.4 cm³/mol. The van der Waals surface area contributed by atoms with Gasteiger partial charge in [-0.2, -0.15) is 0 Å². The molecule has 19 heavy (non-hydrogen) atoms. The standard InChI is InChI=1S/C16H34N2O/c1-15(2)13-17-14-16-7-10-18(11-8-16)9-5-3-4-6-12-19/h15-17,19H,3-14H2,1-2H3. The summed E-state index contributed by atoms with van der Waals surface area (Å²) in [5, 5.41) is 12.3. The molecule has 3 nitrogen and oxygen atoms in total. The molecule has 1 fully saturated rings. The molecule has 0 radical (unpaired) electrons. The first-order valence-electron chi connectivity index (χ1n) is 8.26. The van der Waals surface area contributed by atoms with Gasteiger partial charge in [-0.25, -0.2) is 0 Å². The Hall–Kier alpha value is -0.120. The maximum Gasteiger partial charge on any atom is 0.0431 e. The number of nitrogens with zero attached hydrogens (tertiary/aromatic N) is 1. The Morgan fingerprint density at radius 2 is 1.79 bits per heavy atom. The molecule has 3 heteroatoms. The molecule has 1 aliphatic heterocycles. The highest BCUT2D eigenvalue weighted by Gasteiger charge is 2.18. The van der Waals surface area contributed by atoms with E-state index in [2.05, 4.69) is 24.1 Å². The summed E-state index contributed by atoms with van der Waals surface area (Å²) in [7, 11) is 0. The van der Waals surface area contributed by atoms with Crippen LogP contribution in [0, 0.1) is 11.8 Å². The fourth-order valence-electron chi connectivity index (χ4n) is 2.79. The van der Waals surface area contributed by atoms with Crippen LogP contribution in [-0.4, -0.2) is 49.3 Å². The number of hydrogen-bond acceptors (Lipinski definition) is 3. The number of aliphatic hydroxyl groups excluding tert-OH is 1. The smallest absolute Gasteiger partial charge is 0.0431 e. The number of nitrogens with one attached hydrogen (secondary N) is 1. The van der Waals surface area contributed by atoms with Crippen LogP contribution in [-0.2, 0) is 0 Å². The normalized spacial score (nSPS) is 18.3. The van der Waals surface area contributed by atoms with Crippen molar-refractivity contribution < 1.29 is 5.11 Å². The minimum absolute atomic E-state index is 0.356. The van der Waals surface area contributed by atoms with Crippen molar-refractivity contribution in [3.63, 3.8) is 0 Å². The molecule has 0 aliphatic carbocycles. The van der Waals surface area contributed by atoms with E-state index in [-0.39, 0.29) is 0 Å². The first-order chi connectivity index (χ1) is 9.22. The van der Waals surface area contributed by atoms with E-state index < -0.39 is 0 Å². The minimum Gasteiger partial charge on any atom is -0.396 e. The van der Waals surface area contributed by atoms with Gasteiger partial charge in [-0.15, -0.1) is 0 Å². The summed E-state index contributed by atoms with van der Waals surface area (Å²) >= 11 is 0. The van der Waals surface area contributed by atoms with E-state index in [9.17, 15) is 0 Å². The van der Waals surface area contributed by atoms with E-state index in [4.69, 9.17) is 5.11 Å². The summed E-state index contributed by atoms with van der Waals surface area (Å²) in [6, 6.07) is 0. The Bertz CT molecular complexity index is 201. The van der Waals surface area contributed by atoms with Crippen LogP contribution in [0.15, 0.2) is 0 Å². The van der Waals surface area contributed by atoms with Crippen LogP contribution in [0.1, 0.15) is 52.4 Å². The van der Waals surface area contributed by atoms with Gasteiger partial charge in [0.1, 0.15) is 0 Å². The van der Waals surface area contributed by atoms with Gasteiger partial charge >= 0.3 is 0 Å². The number of piperidine rings is 1. The van der Waals surface area contributed by atoms with Crippen molar-refractivity contribution in [1.82, 2.24) is 10.2 Å². The second kappa shape index (κ2) is 10.6. The number of unbranched alkanes of at least 4 members (excludes halogenated alkanes) is 3. The molecule has 0 unspecified atom stereocenters. The van der Waals surface area contributed by atoms with Crippen molar-refractivity contribution in [2.45, 2.75) is 52.4 Å². The molecule has 0 amide bonds. The van der Waals surface area contributed by atoms with E-state index >= 15 is 0 Å². The number of hydrogen-bond donors (Lipinski definition) is 2. The predicted octanol–water partition coefficient (Wildman–Crippen LogP) is 2.50. The van der Waals surface area contributed by atoms with E-state index in [1.54, 1.807) is 0 Å². The monoisotopic (exact) mass is 270 g/mol. The molecule has 1 saturated heterocycles. The second-order valence-corrected chi connectivity index (χ2v) is 6.47. The zero-order valence-corrected chi connectivity index (χ0v) is 13.0. The highest BCUT2D eigenvalue weighted by Crippen LogP contribution is 2.17. The molecule has 0 atom stereocenters. The van der Waals surface area contributed by atoms with Crippen LogP contribution in [0.2, 0.25) is 0 Å². The van der Waals surface area contributed by atoms with Crippen LogP contribution in [0.25, 0.3) is 0 Å². The third-order valence-electron chi connectivity index (χ3n) is 4.08. The third kappa shape index (κ3) is 8.61. The molecule has 1 heterocycles. The fourth-order valence-corrected chi connectivity index (χ4v) is 2.79. The van der Waals surface area contributed by atoms with Crippen LogP contribution < -0.4 is 5.32 Å². The molecule has 0 aromatic heterocycles. The minimum atomic E-state index is 0.356. The largest absolute Gasteiger partial charge is 0.396 e. The Balaban J connectivity index is 1.96. The molecular weight excluding hydrogens is 236 g/mol. The highest BCUT2D eigenvalue weighted by atomic mass is 16.2. The summed E-state index contributed by atoms with van der Waals surface area (Å²) in [6.45, 7) is 11.1. The van der Waals surface area contributed by atoms with Crippen molar-refractivity contribution in [2.75, 3.05) is 39.3 Å². The van der Waals surface area contributed by atoms with Crippen molar-refractivity contribution in [2.24, 2.45) is 11.8 Å². The lowest BCUT2D eigenvalue weighted by atomic mass is 9.96. The van der Waals surface area contributed by atoms with Gasteiger partial charge in [-0.05, 0) is 70.2 Å². The average Bonchev–Trinajstić information content (AvgIpc) is 2.40. The third-order valence-corrected chi connectivity index (χ3v) is 4.08.